The van der Waals surface area contributed by atoms with Crippen LogP contribution in [0.3, 0.4) is 0 Å². The predicted octanol–water partition coefficient (Wildman–Crippen LogP) is 3.23. The molecule has 3 fully saturated rings. The number of likely N-dealkylation sites (N-methyl/N-ethyl adjacent to an activating group) is 1. The Morgan fingerprint density at radius 3 is 2.70 bits per heavy atom. The fraction of sp³-hybridized carbons (Fsp3) is 0.850. The molecule has 0 aromatic carbocycles. The maximum Gasteiger partial charge on any atom is 0.246 e. The standard InChI is InChI=1S/C20H31NO2/c1-19-10-8-16-14(15(19)6-4-13(19)12-22)5-7-17-20(16,2)11-9-18(23)21(17)3/h9,11,13-17,22H,4-8,10,12H2,1-3H3/t13?,14?,15?,16?,17?,19-,20-/m1/s1. The molecule has 0 radical (unpaired) electrons. The summed E-state index contributed by atoms with van der Waals surface area (Å²) in [6.45, 7) is 5.21. The third-order valence-corrected chi connectivity index (χ3v) is 8.54. The highest BCUT2D eigenvalue weighted by molar-refractivity contribution is 5.89. The van der Waals surface area contributed by atoms with Gasteiger partial charge >= 0.3 is 0 Å². The molecule has 0 saturated heterocycles. The van der Waals surface area contributed by atoms with E-state index in [1.807, 2.05) is 18.0 Å². The van der Waals surface area contributed by atoms with Gasteiger partial charge in [-0.15, -0.1) is 0 Å². The number of fused-ring (bicyclic) bond motifs is 5. The first-order valence-electron chi connectivity index (χ1n) is 9.48. The van der Waals surface area contributed by atoms with E-state index in [9.17, 15) is 9.90 Å². The maximum atomic E-state index is 12.1. The van der Waals surface area contributed by atoms with Gasteiger partial charge in [-0.3, -0.25) is 4.79 Å². The molecule has 0 aromatic heterocycles. The van der Waals surface area contributed by atoms with Crippen LogP contribution in [0.5, 0.6) is 0 Å². The second kappa shape index (κ2) is 5.08. The number of carbonyl (C=O) groups is 1. The summed E-state index contributed by atoms with van der Waals surface area (Å²) < 4.78 is 0. The van der Waals surface area contributed by atoms with Gasteiger partial charge in [-0.05, 0) is 73.7 Å². The second-order valence-corrected chi connectivity index (χ2v) is 9.12. The monoisotopic (exact) mass is 317 g/mol. The highest BCUT2D eigenvalue weighted by Crippen LogP contribution is 2.65. The molecule has 1 heterocycles. The van der Waals surface area contributed by atoms with Gasteiger partial charge in [-0.25, -0.2) is 0 Å². The minimum atomic E-state index is 0.143. The van der Waals surface area contributed by atoms with Crippen molar-refractivity contribution in [2.75, 3.05) is 13.7 Å². The molecule has 3 nitrogen and oxygen atoms in total. The van der Waals surface area contributed by atoms with Crippen molar-refractivity contribution in [3.8, 4) is 0 Å². The topological polar surface area (TPSA) is 40.5 Å². The van der Waals surface area contributed by atoms with E-state index in [4.69, 9.17) is 0 Å². The van der Waals surface area contributed by atoms with Gasteiger partial charge < -0.3 is 10.0 Å². The highest BCUT2D eigenvalue weighted by atomic mass is 16.3. The average molecular weight is 317 g/mol. The van der Waals surface area contributed by atoms with Crippen LogP contribution >= 0.6 is 0 Å². The zero-order valence-electron chi connectivity index (χ0n) is 14.8. The Balaban J connectivity index is 1.67. The van der Waals surface area contributed by atoms with Crippen molar-refractivity contribution in [1.29, 1.82) is 0 Å². The second-order valence-electron chi connectivity index (χ2n) is 9.12. The minimum Gasteiger partial charge on any atom is -0.396 e. The summed E-state index contributed by atoms with van der Waals surface area (Å²) in [5, 5.41) is 9.81. The lowest BCUT2D eigenvalue weighted by atomic mass is 9.48. The fourth-order valence-electron chi connectivity index (χ4n) is 7.15. The van der Waals surface area contributed by atoms with Gasteiger partial charge in [0.05, 0.1) is 0 Å². The van der Waals surface area contributed by atoms with E-state index in [0.717, 1.165) is 18.3 Å². The molecule has 4 rings (SSSR count). The van der Waals surface area contributed by atoms with Crippen molar-refractivity contribution in [3.05, 3.63) is 12.2 Å². The first kappa shape index (κ1) is 15.7. The summed E-state index contributed by atoms with van der Waals surface area (Å²) >= 11 is 0. The molecule has 4 aliphatic rings. The van der Waals surface area contributed by atoms with Crippen molar-refractivity contribution in [2.24, 2.45) is 34.5 Å². The van der Waals surface area contributed by atoms with Crippen LogP contribution in [-0.2, 0) is 4.79 Å². The van der Waals surface area contributed by atoms with E-state index in [0.29, 0.717) is 29.9 Å². The normalized spacial score (nSPS) is 52.1. The van der Waals surface area contributed by atoms with Crippen LogP contribution in [0, 0.1) is 34.5 Å². The number of rotatable bonds is 1. The molecule has 0 spiro atoms. The minimum absolute atomic E-state index is 0.143. The number of carbonyl (C=O) groups excluding carboxylic acids is 1. The zero-order chi connectivity index (χ0) is 16.4. The Morgan fingerprint density at radius 1 is 1.17 bits per heavy atom. The van der Waals surface area contributed by atoms with Gasteiger partial charge in [0.2, 0.25) is 5.91 Å². The third kappa shape index (κ3) is 1.95. The number of hydrogen-bond donors (Lipinski definition) is 1. The predicted molar refractivity (Wildman–Crippen MR) is 90.7 cm³/mol. The van der Waals surface area contributed by atoms with E-state index >= 15 is 0 Å². The van der Waals surface area contributed by atoms with E-state index in [1.165, 1.54) is 32.1 Å². The van der Waals surface area contributed by atoms with Gasteiger partial charge in [0.1, 0.15) is 0 Å². The van der Waals surface area contributed by atoms with Crippen LogP contribution in [-0.4, -0.2) is 35.6 Å². The molecule has 1 N–H and O–H groups in total. The number of amides is 1. The summed E-state index contributed by atoms with van der Waals surface area (Å²) in [4.78, 5) is 14.1. The third-order valence-electron chi connectivity index (χ3n) is 8.54. The summed E-state index contributed by atoms with van der Waals surface area (Å²) in [6, 6.07) is 0.376. The summed E-state index contributed by atoms with van der Waals surface area (Å²) in [6.07, 6.45) is 11.5. The molecule has 23 heavy (non-hydrogen) atoms. The molecule has 0 bridgehead atoms. The first-order chi connectivity index (χ1) is 10.9. The lowest BCUT2D eigenvalue weighted by molar-refractivity contribution is -0.139. The number of nitrogens with zero attached hydrogens (tertiary/aromatic N) is 1. The Hall–Kier alpha value is -0.830. The Labute approximate surface area is 140 Å². The summed E-state index contributed by atoms with van der Waals surface area (Å²) in [7, 11) is 1.99. The van der Waals surface area contributed by atoms with Crippen LogP contribution in [0.25, 0.3) is 0 Å². The van der Waals surface area contributed by atoms with Crippen molar-refractivity contribution in [2.45, 2.75) is 58.4 Å². The largest absolute Gasteiger partial charge is 0.396 e. The van der Waals surface area contributed by atoms with Gasteiger partial charge in [0.15, 0.2) is 0 Å². The molecule has 0 aromatic rings. The van der Waals surface area contributed by atoms with E-state index in [2.05, 4.69) is 19.9 Å². The Bertz CT molecular complexity index is 544. The molecular formula is C20H31NO2. The van der Waals surface area contributed by atoms with Crippen molar-refractivity contribution < 1.29 is 9.90 Å². The lowest BCUT2D eigenvalue weighted by Gasteiger charge is -2.60. The Kier molecular flexibility index (Phi) is 3.46. The van der Waals surface area contributed by atoms with Crippen LogP contribution in [0.4, 0.5) is 0 Å². The van der Waals surface area contributed by atoms with E-state index < -0.39 is 0 Å². The zero-order valence-corrected chi connectivity index (χ0v) is 14.8. The first-order valence-corrected chi connectivity index (χ1v) is 9.48. The van der Waals surface area contributed by atoms with Crippen molar-refractivity contribution >= 4 is 5.91 Å². The summed E-state index contributed by atoms with van der Waals surface area (Å²) in [5.74, 6) is 2.92. The smallest absolute Gasteiger partial charge is 0.246 e. The highest BCUT2D eigenvalue weighted by Gasteiger charge is 2.60. The number of hydrogen-bond acceptors (Lipinski definition) is 2. The van der Waals surface area contributed by atoms with Gasteiger partial charge in [-0.2, -0.15) is 0 Å². The molecule has 3 aliphatic carbocycles. The average Bonchev–Trinajstić information content (AvgIpc) is 2.88. The number of aliphatic hydroxyl groups excluding tert-OH is 1. The molecule has 128 valence electrons. The maximum absolute atomic E-state index is 12.1. The van der Waals surface area contributed by atoms with Crippen LogP contribution in [0.1, 0.15) is 52.4 Å². The summed E-state index contributed by atoms with van der Waals surface area (Å²) in [5.41, 5.74) is 0.490. The van der Waals surface area contributed by atoms with Crippen molar-refractivity contribution in [1.82, 2.24) is 4.90 Å². The molecule has 3 heteroatoms. The van der Waals surface area contributed by atoms with E-state index in [1.54, 1.807) is 0 Å². The molecule has 1 aliphatic heterocycles. The number of aliphatic hydroxyl groups is 1. The Morgan fingerprint density at radius 2 is 1.96 bits per heavy atom. The molecular weight excluding hydrogens is 286 g/mol. The van der Waals surface area contributed by atoms with Gasteiger partial charge in [0.25, 0.3) is 0 Å². The fourth-order valence-corrected chi connectivity index (χ4v) is 7.15. The van der Waals surface area contributed by atoms with Crippen LogP contribution in [0.15, 0.2) is 12.2 Å². The molecule has 1 amide bonds. The quantitative estimate of drug-likeness (QED) is 0.806. The molecule has 7 atom stereocenters. The molecule has 3 saturated carbocycles. The van der Waals surface area contributed by atoms with E-state index in [-0.39, 0.29) is 11.3 Å². The lowest BCUT2D eigenvalue weighted by Crippen LogP contribution is -2.59. The van der Waals surface area contributed by atoms with Gasteiger partial charge in [0, 0.05) is 25.1 Å². The van der Waals surface area contributed by atoms with Gasteiger partial charge in [-0.1, -0.05) is 19.9 Å². The van der Waals surface area contributed by atoms with Crippen LogP contribution in [0.2, 0.25) is 0 Å². The van der Waals surface area contributed by atoms with Crippen LogP contribution < -0.4 is 0 Å². The SMILES string of the molecule is CN1C(=O)C=C[C@]2(C)C3CC[C@]4(C)C(CO)CCC4C3CCC12. The molecule has 5 unspecified atom stereocenters. The van der Waals surface area contributed by atoms with Crippen molar-refractivity contribution in [3.63, 3.8) is 0 Å².